The molecule has 16 heavy (non-hydrogen) atoms. The Labute approximate surface area is 89.5 Å². The number of benzene rings is 1. The van der Waals surface area contributed by atoms with Gasteiger partial charge in [0.15, 0.2) is 5.82 Å². The van der Waals surface area contributed by atoms with Crippen molar-refractivity contribution in [2.75, 3.05) is 0 Å². The smallest absolute Gasteiger partial charge is 0.252 e. The van der Waals surface area contributed by atoms with E-state index in [1.54, 1.807) is 0 Å². The summed E-state index contributed by atoms with van der Waals surface area (Å²) < 4.78 is 31.1. The fourth-order valence-electron chi connectivity index (χ4n) is 1.29. The van der Waals surface area contributed by atoms with Crippen molar-refractivity contribution in [2.24, 2.45) is 0 Å². The lowest BCUT2D eigenvalue weighted by atomic mass is 10.1. The van der Waals surface area contributed by atoms with Crippen LogP contribution < -0.4 is 0 Å². The van der Waals surface area contributed by atoms with Crippen molar-refractivity contribution in [2.45, 2.75) is 13.0 Å². The third kappa shape index (κ3) is 2.06. The first-order valence-corrected chi connectivity index (χ1v) is 4.56. The predicted octanol–water partition coefficient (Wildman–Crippen LogP) is 1.43. The van der Waals surface area contributed by atoms with Crippen LogP contribution >= 0.6 is 0 Å². The molecule has 0 amide bonds. The van der Waals surface area contributed by atoms with Gasteiger partial charge in [-0.1, -0.05) is 11.2 Å². The minimum Gasteiger partial charge on any atom is -0.387 e. The van der Waals surface area contributed by atoms with E-state index < -0.39 is 18.2 Å². The Kier molecular flexibility index (Phi) is 2.91. The fraction of sp³-hybridized carbons (Fsp3) is 0.200. The molecule has 0 aliphatic heterocycles. The van der Waals surface area contributed by atoms with Gasteiger partial charge in [-0.2, -0.15) is 4.98 Å². The molecule has 0 fully saturated rings. The highest BCUT2D eigenvalue weighted by molar-refractivity contribution is 5.22. The summed E-state index contributed by atoms with van der Waals surface area (Å²) in [4.78, 5) is 3.75. The molecule has 4 nitrogen and oxygen atoms in total. The number of halogens is 2. The molecule has 0 saturated carbocycles. The zero-order valence-electron chi connectivity index (χ0n) is 8.15. The third-order valence-corrected chi connectivity index (χ3v) is 2.04. The molecule has 1 N–H and O–H groups in total. The Bertz CT molecular complexity index is 479. The fourth-order valence-corrected chi connectivity index (χ4v) is 1.29. The summed E-state index contributed by atoms with van der Waals surface area (Å²) in [5, 5.41) is 12.2. The first-order valence-electron chi connectivity index (χ1n) is 4.56. The van der Waals surface area contributed by atoms with Crippen LogP contribution in [0.15, 0.2) is 22.7 Å². The van der Waals surface area contributed by atoms with E-state index in [4.69, 9.17) is 5.11 Å². The van der Waals surface area contributed by atoms with Crippen molar-refractivity contribution in [3.8, 4) is 0 Å². The normalized spacial score (nSPS) is 10.7. The molecule has 1 heterocycles. The molecule has 2 rings (SSSR count). The molecule has 0 radical (unpaired) electrons. The van der Waals surface area contributed by atoms with E-state index >= 15 is 0 Å². The maximum Gasteiger partial charge on any atom is 0.252 e. The third-order valence-electron chi connectivity index (χ3n) is 2.04. The minimum absolute atomic E-state index is 0.0201. The second kappa shape index (κ2) is 4.36. The molecule has 0 aliphatic carbocycles. The molecular formula is C10H8F2N2O2. The van der Waals surface area contributed by atoms with Gasteiger partial charge < -0.3 is 9.63 Å². The van der Waals surface area contributed by atoms with Crippen molar-refractivity contribution in [1.29, 1.82) is 0 Å². The van der Waals surface area contributed by atoms with Crippen LogP contribution in [0.4, 0.5) is 8.78 Å². The molecule has 84 valence electrons. The largest absolute Gasteiger partial charge is 0.387 e. The van der Waals surface area contributed by atoms with Crippen molar-refractivity contribution < 1.29 is 18.4 Å². The number of aliphatic hydroxyl groups excluding tert-OH is 1. The van der Waals surface area contributed by atoms with Crippen LogP contribution in [0.5, 0.6) is 0 Å². The average molecular weight is 226 g/mol. The minimum atomic E-state index is -0.657. The van der Waals surface area contributed by atoms with E-state index in [0.29, 0.717) is 0 Å². The number of nitrogens with zero attached hydrogens (tertiary/aromatic N) is 2. The van der Waals surface area contributed by atoms with Crippen LogP contribution in [0.25, 0.3) is 0 Å². The van der Waals surface area contributed by atoms with Gasteiger partial charge in [0, 0.05) is 12.0 Å². The summed E-state index contributed by atoms with van der Waals surface area (Å²) in [5.41, 5.74) is -0.118. The Hall–Kier alpha value is -1.82. The highest BCUT2D eigenvalue weighted by Gasteiger charge is 2.13. The zero-order valence-corrected chi connectivity index (χ0v) is 8.15. The molecule has 0 spiro atoms. The van der Waals surface area contributed by atoms with E-state index in [2.05, 4.69) is 14.7 Å². The van der Waals surface area contributed by atoms with Crippen molar-refractivity contribution >= 4 is 0 Å². The molecule has 1 aromatic carbocycles. The van der Waals surface area contributed by atoms with E-state index in [1.807, 2.05) is 0 Å². The predicted molar refractivity (Wildman–Crippen MR) is 49.4 cm³/mol. The lowest BCUT2D eigenvalue weighted by Crippen LogP contribution is -1.98. The Morgan fingerprint density at radius 1 is 1.25 bits per heavy atom. The van der Waals surface area contributed by atoms with E-state index in [9.17, 15) is 8.78 Å². The van der Waals surface area contributed by atoms with E-state index in [-0.39, 0.29) is 23.7 Å². The second-order valence-electron chi connectivity index (χ2n) is 3.14. The lowest BCUT2D eigenvalue weighted by Gasteiger charge is -2.00. The monoisotopic (exact) mass is 226 g/mol. The number of hydrogen-bond donors (Lipinski definition) is 1. The van der Waals surface area contributed by atoms with Crippen LogP contribution in [0.2, 0.25) is 0 Å². The maximum atomic E-state index is 13.2. The summed E-state index contributed by atoms with van der Waals surface area (Å²) in [6, 6.07) is 3.60. The molecule has 1 aromatic heterocycles. The van der Waals surface area contributed by atoms with Crippen molar-refractivity contribution in [3.05, 3.63) is 47.1 Å². The molecule has 2 aromatic rings. The average Bonchev–Trinajstić information content (AvgIpc) is 2.71. The van der Waals surface area contributed by atoms with Crippen LogP contribution in [0.3, 0.4) is 0 Å². The summed E-state index contributed by atoms with van der Waals surface area (Å²) >= 11 is 0. The molecule has 6 heteroatoms. The number of aromatic nitrogens is 2. The van der Waals surface area contributed by atoms with Gasteiger partial charge in [-0.05, 0) is 12.1 Å². The Balaban J connectivity index is 2.26. The lowest BCUT2D eigenvalue weighted by molar-refractivity contribution is 0.222. The molecule has 0 aliphatic rings. The van der Waals surface area contributed by atoms with Crippen LogP contribution in [0, 0.1) is 11.6 Å². The van der Waals surface area contributed by atoms with Gasteiger partial charge in [-0.15, -0.1) is 0 Å². The molecule has 0 unspecified atom stereocenters. The first-order chi connectivity index (χ1) is 7.70. The second-order valence-corrected chi connectivity index (χ2v) is 3.14. The summed E-state index contributed by atoms with van der Waals surface area (Å²) in [5.74, 6) is -1.16. The quantitative estimate of drug-likeness (QED) is 0.860. The number of rotatable bonds is 3. The topological polar surface area (TPSA) is 59.2 Å². The first kappa shape index (κ1) is 10.7. The molecular weight excluding hydrogens is 218 g/mol. The van der Waals surface area contributed by atoms with Gasteiger partial charge in [-0.3, -0.25) is 0 Å². The van der Waals surface area contributed by atoms with Gasteiger partial charge in [0.25, 0.3) is 5.89 Å². The van der Waals surface area contributed by atoms with Gasteiger partial charge in [0.05, 0.1) is 0 Å². The molecule has 0 bridgehead atoms. The van der Waals surface area contributed by atoms with Crippen molar-refractivity contribution in [3.63, 3.8) is 0 Å². The molecule has 0 saturated heterocycles. The van der Waals surface area contributed by atoms with Crippen molar-refractivity contribution in [1.82, 2.24) is 10.1 Å². The SMILES string of the molecule is OCc1nc(Cc2c(F)cccc2F)no1. The van der Waals surface area contributed by atoms with Gasteiger partial charge in [-0.25, -0.2) is 8.78 Å². The van der Waals surface area contributed by atoms with Crippen LogP contribution in [0.1, 0.15) is 17.3 Å². The Morgan fingerprint density at radius 2 is 1.94 bits per heavy atom. The number of hydrogen-bond acceptors (Lipinski definition) is 4. The summed E-state index contributed by atoms with van der Waals surface area (Å²) in [6.45, 7) is -0.396. The van der Waals surface area contributed by atoms with E-state index in [0.717, 1.165) is 12.1 Å². The standard InChI is InChI=1S/C10H8F2N2O2/c11-7-2-1-3-8(12)6(7)4-9-13-10(5-15)16-14-9/h1-3,15H,4-5H2. The number of aliphatic hydroxyl groups is 1. The van der Waals surface area contributed by atoms with Gasteiger partial charge >= 0.3 is 0 Å². The Morgan fingerprint density at radius 3 is 2.50 bits per heavy atom. The molecule has 0 atom stereocenters. The van der Waals surface area contributed by atoms with Gasteiger partial charge in [0.2, 0.25) is 0 Å². The summed E-state index contributed by atoms with van der Waals surface area (Å²) in [6.07, 6.45) is -0.109. The zero-order chi connectivity index (χ0) is 11.5. The maximum absolute atomic E-state index is 13.2. The van der Waals surface area contributed by atoms with Gasteiger partial charge in [0.1, 0.15) is 18.2 Å². The highest BCUT2D eigenvalue weighted by Crippen LogP contribution is 2.15. The van der Waals surface area contributed by atoms with E-state index in [1.165, 1.54) is 6.07 Å². The van der Waals surface area contributed by atoms with Crippen LogP contribution in [-0.2, 0) is 13.0 Å². The highest BCUT2D eigenvalue weighted by atomic mass is 19.1. The van der Waals surface area contributed by atoms with Crippen LogP contribution in [-0.4, -0.2) is 15.2 Å². The summed E-state index contributed by atoms with van der Waals surface area (Å²) in [7, 11) is 0.